The van der Waals surface area contributed by atoms with Crippen LogP contribution in [0.4, 0.5) is 4.39 Å². The van der Waals surface area contributed by atoms with Gasteiger partial charge in [-0.15, -0.1) is 0 Å². The molecule has 6 heteroatoms. The van der Waals surface area contributed by atoms with Gasteiger partial charge in [0.15, 0.2) is 11.6 Å². The van der Waals surface area contributed by atoms with E-state index >= 15 is 0 Å². The highest BCUT2D eigenvalue weighted by Gasteiger charge is 2.09. The minimum absolute atomic E-state index is 0.0571. The molecule has 0 radical (unpaired) electrons. The van der Waals surface area contributed by atoms with Crippen LogP contribution in [0, 0.1) is 5.82 Å². The van der Waals surface area contributed by atoms with Gasteiger partial charge >= 0.3 is 0 Å². The molecule has 0 aliphatic heterocycles. The van der Waals surface area contributed by atoms with Gasteiger partial charge < -0.3 is 4.74 Å². The fourth-order valence-corrected chi connectivity index (χ4v) is 3.17. The number of aryl methyl sites for hydroxylation is 1. The van der Waals surface area contributed by atoms with Crippen molar-refractivity contribution in [1.29, 1.82) is 0 Å². The fraction of sp³-hybridized carbons (Fsp3) is 0.294. The zero-order chi connectivity index (χ0) is 16.5. The summed E-state index contributed by atoms with van der Waals surface area (Å²) in [5.74, 6) is -0.282. The van der Waals surface area contributed by atoms with Gasteiger partial charge in [0.2, 0.25) is 10.0 Å². The number of hydrogen-bond donors (Lipinski definition) is 1. The summed E-state index contributed by atoms with van der Waals surface area (Å²) in [5, 5.41) is 0. The van der Waals surface area contributed by atoms with Crippen LogP contribution >= 0.6 is 0 Å². The summed E-state index contributed by atoms with van der Waals surface area (Å²) in [5.41, 5.74) is 1.12. The minimum atomic E-state index is -3.34. The van der Waals surface area contributed by atoms with Gasteiger partial charge in [-0.3, -0.25) is 0 Å². The van der Waals surface area contributed by atoms with Crippen molar-refractivity contribution in [2.75, 3.05) is 18.9 Å². The van der Waals surface area contributed by atoms with Crippen molar-refractivity contribution < 1.29 is 17.5 Å². The number of rotatable bonds is 9. The van der Waals surface area contributed by atoms with Crippen LogP contribution in [0.1, 0.15) is 12.0 Å². The van der Waals surface area contributed by atoms with Gasteiger partial charge in [-0.25, -0.2) is 17.5 Å². The lowest BCUT2D eigenvalue weighted by Gasteiger charge is -2.09. The second kappa shape index (κ2) is 8.64. The largest absolute Gasteiger partial charge is 0.489 e. The van der Waals surface area contributed by atoms with Gasteiger partial charge in [-0.05, 0) is 30.5 Å². The first-order valence-corrected chi connectivity index (χ1v) is 9.11. The Balaban J connectivity index is 1.67. The Labute approximate surface area is 136 Å². The first-order chi connectivity index (χ1) is 11.1. The van der Waals surface area contributed by atoms with E-state index in [2.05, 4.69) is 4.72 Å². The average Bonchev–Trinajstić information content (AvgIpc) is 2.54. The number of sulfonamides is 1. The number of ether oxygens (including phenoxy) is 1. The maximum atomic E-state index is 13.3. The molecular weight excluding hydrogens is 317 g/mol. The van der Waals surface area contributed by atoms with Crippen LogP contribution in [-0.2, 0) is 16.4 Å². The van der Waals surface area contributed by atoms with E-state index in [0.717, 1.165) is 5.56 Å². The summed E-state index contributed by atoms with van der Waals surface area (Å²) in [6.45, 7) is 0.195. The topological polar surface area (TPSA) is 55.4 Å². The van der Waals surface area contributed by atoms with Crippen molar-refractivity contribution in [2.45, 2.75) is 12.8 Å². The second-order valence-corrected chi connectivity index (χ2v) is 7.01. The van der Waals surface area contributed by atoms with E-state index in [1.54, 1.807) is 12.1 Å². The molecule has 0 saturated carbocycles. The number of para-hydroxylation sites is 1. The van der Waals surface area contributed by atoms with Crippen LogP contribution in [0.5, 0.6) is 5.75 Å². The molecule has 23 heavy (non-hydrogen) atoms. The fourth-order valence-electron chi connectivity index (χ4n) is 2.10. The molecule has 0 unspecified atom stereocenters. The average molecular weight is 337 g/mol. The molecule has 1 N–H and O–H groups in total. The summed E-state index contributed by atoms with van der Waals surface area (Å²) in [6.07, 6.45) is 1.26. The molecule has 0 bridgehead atoms. The summed E-state index contributed by atoms with van der Waals surface area (Å²) < 4.78 is 44.7. The van der Waals surface area contributed by atoms with Crippen molar-refractivity contribution >= 4 is 10.0 Å². The maximum absolute atomic E-state index is 13.3. The molecule has 0 heterocycles. The summed E-state index contributed by atoms with van der Waals surface area (Å²) in [4.78, 5) is 0. The van der Waals surface area contributed by atoms with Gasteiger partial charge in [0.1, 0.15) is 6.61 Å². The molecule has 124 valence electrons. The smallest absolute Gasteiger partial charge is 0.211 e. The van der Waals surface area contributed by atoms with Crippen molar-refractivity contribution in [3.05, 3.63) is 66.0 Å². The standard InChI is InChI=1S/C17H20FNO3S/c18-16-10-4-5-11-17(16)22-13-12-19-23(20,21)14-6-9-15-7-2-1-3-8-15/h1-5,7-8,10-11,19H,6,9,12-14H2. The van der Waals surface area contributed by atoms with Gasteiger partial charge in [0.25, 0.3) is 0 Å². The predicted octanol–water partition coefficient (Wildman–Crippen LogP) is 2.76. The zero-order valence-corrected chi connectivity index (χ0v) is 13.6. The highest BCUT2D eigenvalue weighted by atomic mass is 32.2. The van der Waals surface area contributed by atoms with Crippen molar-refractivity contribution in [1.82, 2.24) is 4.72 Å². The third kappa shape index (κ3) is 6.38. The molecule has 2 aromatic carbocycles. The Morgan fingerprint density at radius 1 is 1.00 bits per heavy atom. The highest BCUT2D eigenvalue weighted by Crippen LogP contribution is 2.14. The molecule has 4 nitrogen and oxygen atoms in total. The monoisotopic (exact) mass is 337 g/mol. The van der Waals surface area contributed by atoms with Crippen LogP contribution in [-0.4, -0.2) is 27.3 Å². The van der Waals surface area contributed by atoms with Gasteiger partial charge in [-0.2, -0.15) is 0 Å². The quantitative estimate of drug-likeness (QED) is 0.716. The van der Waals surface area contributed by atoms with Crippen molar-refractivity contribution in [2.24, 2.45) is 0 Å². The summed E-state index contributed by atoms with van der Waals surface area (Å²) in [7, 11) is -3.34. The molecule has 0 fully saturated rings. The van der Waals surface area contributed by atoms with E-state index in [0.29, 0.717) is 12.8 Å². The molecule has 2 rings (SSSR count). The molecule has 0 aliphatic rings. The Morgan fingerprint density at radius 3 is 2.43 bits per heavy atom. The van der Waals surface area contributed by atoms with Gasteiger partial charge in [-0.1, -0.05) is 42.5 Å². The number of benzene rings is 2. The maximum Gasteiger partial charge on any atom is 0.211 e. The third-order valence-electron chi connectivity index (χ3n) is 3.24. The minimum Gasteiger partial charge on any atom is -0.489 e. The molecule has 0 aliphatic carbocycles. The number of hydrogen-bond acceptors (Lipinski definition) is 3. The normalized spacial score (nSPS) is 11.3. The van der Waals surface area contributed by atoms with Gasteiger partial charge in [0.05, 0.1) is 5.75 Å². The molecule has 0 amide bonds. The Morgan fingerprint density at radius 2 is 1.70 bits per heavy atom. The zero-order valence-electron chi connectivity index (χ0n) is 12.7. The molecule has 2 aromatic rings. The first kappa shape index (κ1) is 17.4. The highest BCUT2D eigenvalue weighted by molar-refractivity contribution is 7.89. The lowest BCUT2D eigenvalue weighted by molar-refractivity contribution is 0.306. The van der Waals surface area contributed by atoms with E-state index in [1.807, 2.05) is 30.3 Å². The molecular formula is C17H20FNO3S. The van der Waals surface area contributed by atoms with E-state index in [1.165, 1.54) is 12.1 Å². The third-order valence-corrected chi connectivity index (χ3v) is 4.71. The Bertz CT molecular complexity index is 705. The molecule has 0 atom stereocenters. The lowest BCUT2D eigenvalue weighted by Crippen LogP contribution is -2.30. The summed E-state index contributed by atoms with van der Waals surface area (Å²) >= 11 is 0. The second-order valence-electron chi connectivity index (χ2n) is 5.08. The Hall–Kier alpha value is -1.92. The van der Waals surface area contributed by atoms with Crippen LogP contribution in [0.25, 0.3) is 0 Å². The van der Waals surface area contributed by atoms with E-state index in [9.17, 15) is 12.8 Å². The van der Waals surface area contributed by atoms with Crippen molar-refractivity contribution in [3.8, 4) is 5.75 Å². The SMILES string of the molecule is O=S(=O)(CCCc1ccccc1)NCCOc1ccccc1F. The van der Waals surface area contributed by atoms with E-state index in [4.69, 9.17) is 4.74 Å². The van der Waals surface area contributed by atoms with Crippen LogP contribution in [0.2, 0.25) is 0 Å². The number of nitrogens with one attached hydrogen (secondary N) is 1. The van der Waals surface area contributed by atoms with Crippen LogP contribution < -0.4 is 9.46 Å². The lowest BCUT2D eigenvalue weighted by atomic mass is 10.1. The van der Waals surface area contributed by atoms with E-state index in [-0.39, 0.29) is 24.7 Å². The number of halogens is 1. The van der Waals surface area contributed by atoms with Crippen LogP contribution in [0.15, 0.2) is 54.6 Å². The van der Waals surface area contributed by atoms with Crippen molar-refractivity contribution in [3.63, 3.8) is 0 Å². The van der Waals surface area contributed by atoms with Gasteiger partial charge in [0, 0.05) is 6.54 Å². The molecule has 0 spiro atoms. The molecule has 0 aromatic heterocycles. The molecule has 0 saturated heterocycles. The Kier molecular flexibility index (Phi) is 6.55. The summed E-state index contributed by atoms with van der Waals surface area (Å²) in [6, 6.07) is 15.8. The van der Waals surface area contributed by atoms with Crippen LogP contribution in [0.3, 0.4) is 0 Å². The predicted molar refractivity (Wildman–Crippen MR) is 88.4 cm³/mol. The first-order valence-electron chi connectivity index (χ1n) is 7.45. The van der Waals surface area contributed by atoms with E-state index < -0.39 is 15.8 Å².